The lowest BCUT2D eigenvalue weighted by Gasteiger charge is -2.39. The van der Waals surface area contributed by atoms with Crippen LogP contribution in [0.5, 0.6) is 0 Å². The molecule has 1 rings (SSSR count). The van der Waals surface area contributed by atoms with Crippen molar-refractivity contribution in [2.75, 3.05) is 13.1 Å². The highest BCUT2D eigenvalue weighted by atomic mass is 16.1. The first-order valence-corrected chi connectivity index (χ1v) is 6.86. The Morgan fingerprint density at radius 2 is 2.17 bits per heavy atom. The monoisotopic (exact) mass is 251 g/mol. The van der Waals surface area contributed by atoms with Gasteiger partial charge in [-0.2, -0.15) is 5.26 Å². The first-order valence-electron chi connectivity index (χ1n) is 6.86. The Morgan fingerprint density at radius 1 is 1.50 bits per heavy atom. The van der Waals surface area contributed by atoms with Crippen LogP contribution in [0.4, 0.5) is 0 Å². The molecule has 1 fully saturated rings. The lowest BCUT2D eigenvalue weighted by Crippen LogP contribution is -2.48. The second-order valence-corrected chi connectivity index (χ2v) is 6.01. The summed E-state index contributed by atoms with van der Waals surface area (Å²) < 4.78 is 0. The largest absolute Gasteiger partial charge is 0.369 e. The van der Waals surface area contributed by atoms with Gasteiger partial charge in [0.05, 0.1) is 18.5 Å². The Balaban J connectivity index is 2.79. The third-order valence-electron chi connectivity index (χ3n) is 3.67. The van der Waals surface area contributed by atoms with E-state index in [1.165, 1.54) is 0 Å². The molecule has 0 spiro atoms. The van der Waals surface area contributed by atoms with Crippen LogP contribution in [0.2, 0.25) is 0 Å². The number of nitriles is 1. The maximum atomic E-state index is 11.2. The van der Waals surface area contributed by atoms with Crippen molar-refractivity contribution in [2.45, 2.75) is 46.1 Å². The number of nitrogens with zero attached hydrogens (tertiary/aromatic N) is 2. The molecular formula is C14H25N3O. The Morgan fingerprint density at radius 3 is 2.67 bits per heavy atom. The van der Waals surface area contributed by atoms with Gasteiger partial charge in [-0.25, -0.2) is 0 Å². The van der Waals surface area contributed by atoms with Crippen molar-refractivity contribution in [1.82, 2.24) is 4.90 Å². The van der Waals surface area contributed by atoms with Gasteiger partial charge in [-0.1, -0.05) is 20.8 Å². The minimum Gasteiger partial charge on any atom is -0.369 e. The Hall–Kier alpha value is -1.08. The van der Waals surface area contributed by atoms with Gasteiger partial charge in [-0.15, -0.1) is 0 Å². The molecule has 4 nitrogen and oxygen atoms in total. The Kier molecular flexibility index (Phi) is 5.61. The van der Waals surface area contributed by atoms with E-state index >= 15 is 0 Å². The minimum atomic E-state index is -0.300. The molecule has 0 bridgehead atoms. The molecule has 0 aliphatic heterocycles. The van der Waals surface area contributed by atoms with Crippen LogP contribution in [0.1, 0.15) is 40.0 Å². The predicted octanol–water partition coefficient (Wildman–Crippen LogP) is 1.76. The summed E-state index contributed by atoms with van der Waals surface area (Å²) in [4.78, 5) is 13.3. The topological polar surface area (TPSA) is 70.1 Å². The van der Waals surface area contributed by atoms with Crippen LogP contribution in [0, 0.1) is 29.1 Å². The third-order valence-corrected chi connectivity index (χ3v) is 3.67. The van der Waals surface area contributed by atoms with Crippen LogP contribution in [-0.4, -0.2) is 29.9 Å². The van der Waals surface area contributed by atoms with Gasteiger partial charge in [0, 0.05) is 12.6 Å². The fourth-order valence-corrected chi connectivity index (χ4v) is 2.89. The average molecular weight is 251 g/mol. The first kappa shape index (κ1) is 15.0. The molecule has 0 aromatic heterocycles. The van der Waals surface area contributed by atoms with Crippen LogP contribution in [0.15, 0.2) is 0 Å². The Bertz CT molecular complexity index is 321. The van der Waals surface area contributed by atoms with E-state index in [1.807, 2.05) is 0 Å². The van der Waals surface area contributed by atoms with Gasteiger partial charge in [-0.3, -0.25) is 9.69 Å². The van der Waals surface area contributed by atoms with E-state index in [4.69, 9.17) is 5.73 Å². The number of nitrogens with two attached hydrogens (primary N) is 1. The van der Waals surface area contributed by atoms with E-state index in [9.17, 15) is 10.1 Å². The first-order chi connectivity index (χ1) is 8.43. The van der Waals surface area contributed by atoms with Gasteiger partial charge < -0.3 is 5.73 Å². The maximum Gasteiger partial charge on any atom is 0.231 e. The van der Waals surface area contributed by atoms with Crippen LogP contribution < -0.4 is 5.73 Å². The van der Waals surface area contributed by atoms with Gasteiger partial charge in [0.15, 0.2) is 0 Å². The molecule has 0 aromatic carbocycles. The number of hydrogen-bond donors (Lipinski definition) is 1. The number of hydrogen-bond acceptors (Lipinski definition) is 3. The van der Waals surface area contributed by atoms with Crippen molar-refractivity contribution in [1.29, 1.82) is 5.26 Å². The summed E-state index contributed by atoms with van der Waals surface area (Å²) in [5.41, 5.74) is 5.33. The summed E-state index contributed by atoms with van der Waals surface area (Å²) in [6.07, 6.45) is 3.05. The SMILES string of the molecule is CC(C)CN(CC(N)=O)C1CC(C)CCC1C#N. The molecule has 0 aromatic rings. The quantitative estimate of drug-likeness (QED) is 0.809. The van der Waals surface area contributed by atoms with Crippen molar-refractivity contribution in [3.63, 3.8) is 0 Å². The lowest BCUT2D eigenvalue weighted by molar-refractivity contribution is -0.120. The molecule has 3 unspecified atom stereocenters. The zero-order valence-corrected chi connectivity index (χ0v) is 11.7. The normalized spacial score (nSPS) is 28.3. The fraction of sp³-hybridized carbons (Fsp3) is 0.857. The molecule has 1 saturated carbocycles. The second-order valence-electron chi connectivity index (χ2n) is 6.01. The minimum absolute atomic E-state index is 0.0410. The van der Waals surface area contributed by atoms with E-state index in [-0.39, 0.29) is 24.4 Å². The third kappa shape index (κ3) is 4.30. The molecule has 0 radical (unpaired) electrons. The molecular weight excluding hydrogens is 226 g/mol. The van der Waals surface area contributed by atoms with Crippen molar-refractivity contribution >= 4 is 5.91 Å². The Labute approximate surface area is 110 Å². The van der Waals surface area contributed by atoms with E-state index in [0.29, 0.717) is 11.8 Å². The highest BCUT2D eigenvalue weighted by Crippen LogP contribution is 2.32. The molecule has 0 saturated heterocycles. The van der Waals surface area contributed by atoms with E-state index in [1.54, 1.807) is 0 Å². The standard InChI is InChI=1S/C14H25N3O/c1-10(2)8-17(9-14(16)18)13-6-11(3)4-5-12(13)7-15/h10-13H,4-6,8-9H2,1-3H3,(H2,16,18). The molecule has 102 valence electrons. The molecule has 4 heteroatoms. The van der Waals surface area contributed by atoms with Gasteiger partial charge in [0.1, 0.15) is 0 Å². The summed E-state index contributed by atoms with van der Waals surface area (Å²) in [5, 5.41) is 9.27. The number of amides is 1. The molecule has 1 aliphatic carbocycles. The highest BCUT2D eigenvalue weighted by Gasteiger charge is 2.33. The molecule has 0 heterocycles. The smallest absolute Gasteiger partial charge is 0.231 e. The van der Waals surface area contributed by atoms with E-state index in [0.717, 1.165) is 25.8 Å². The van der Waals surface area contributed by atoms with Gasteiger partial charge in [0.2, 0.25) is 5.91 Å². The number of rotatable bonds is 5. The van der Waals surface area contributed by atoms with Crippen LogP contribution in [-0.2, 0) is 4.79 Å². The number of primary amides is 1. The number of carbonyl (C=O) groups excluding carboxylic acids is 1. The summed E-state index contributed by atoms with van der Waals surface area (Å²) in [5.74, 6) is 0.841. The fourth-order valence-electron chi connectivity index (χ4n) is 2.89. The van der Waals surface area contributed by atoms with Crippen LogP contribution >= 0.6 is 0 Å². The lowest BCUT2D eigenvalue weighted by atomic mass is 9.78. The predicted molar refractivity (Wildman–Crippen MR) is 71.5 cm³/mol. The average Bonchev–Trinajstić information content (AvgIpc) is 2.26. The van der Waals surface area contributed by atoms with Gasteiger partial charge >= 0.3 is 0 Å². The zero-order chi connectivity index (χ0) is 13.7. The highest BCUT2D eigenvalue weighted by molar-refractivity contribution is 5.76. The summed E-state index contributed by atoms with van der Waals surface area (Å²) in [7, 11) is 0. The van der Waals surface area contributed by atoms with Crippen molar-refractivity contribution in [2.24, 2.45) is 23.5 Å². The summed E-state index contributed by atoms with van der Waals surface area (Å²) in [6, 6.07) is 2.60. The molecule has 18 heavy (non-hydrogen) atoms. The number of carbonyl (C=O) groups is 1. The molecule has 2 N–H and O–H groups in total. The van der Waals surface area contributed by atoms with E-state index < -0.39 is 0 Å². The van der Waals surface area contributed by atoms with Crippen molar-refractivity contribution in [3.05, 3.63) is 0 Å². The van der Waals surface area contributed by atoms with E-state index in [2.05, 4.69) is 31.7 Å². The van der Waals surface area contributed by atoms with Gasteiger partial charge in [0.25, 0.3) is 0 Å². The molecule has 1 amide bonds. The zero-order valence-electron chi connectivity index (χ0n) is 11.7. The summed E-state index contributed by atoms with van der Waals surface area (Å²) in [6.45, 7) is 7.58. The second kappa shape index (κ2) is 6.75. The van der Waals surface area contributed by atoms with Crippen molar-refractivity contribution in [3.8, 4) is 6.07 Å². The molecule has 3 atom stereocenters. The van der Waals surface area contributed by atoms with Crippen LogP contribution in [0.25, 0.3) is 0 Å². The summed E-state index contributed by atoms with van der Waals surface area (Å²) >= 11 is 0. The van der Waals surface area contributed by atoms with Gasteiger partial charge in [-0.05, 0) is 31.1 Å². The molecule has 1 aliphatic rings. The van der Waals surface area contributed by atoms with Crippen LogP contribution in [0.3, 0.4) is 0 Å². The van der Waals surface area contributed by atoms with Crippen molar-refractivity contribution < 1.29 is 4.79 Å². The maximum absolute atomic E-state index is 11.2.